The van der Waals surface area contributed by atoms with Crippen molar-refractivity contribution in [1.29, 1.82) is 0 Å². The van der Waals surface area contributed by atoms with E-state index in [2.05, 4.69) is 0 Å². The Morgan fingerprint density at radius 1 is 1.13 bits per heavy atom. The van der Waals surface area contributed by atoms with E-state index in [0.717, 1.165) is 12.2 Å². The molecule has 2 atom stereocenters. The largest absolute Gasteiger partial charge is 0.427 e. The summed E-state index contributed by atoms with van der Waals surface area (Å²) in [5.74, 6) is 0.796. The molecule has 0 amide bonds. The van der Waals surface area contributed by atoms with E-state index in [1.807, 2.05) is 44.2 Å². The van der Waals surface area contributed by atoms with Crippen molar-refractivity contribution in [3.63, 3.8) is 0 Å². The lowest BCUT2D eigenvalue weighted by atomic mass is 10.2. The first-order valence-electron chi connectivity index (χ1n) is 5.11. The number of rotatable bonds is 2. The Morgan fingerprint density at radius 3 is 2.33 bits per heavy atom. The van der Waals surface area contributed by atoms with Crippen LogP contribution in [0, 0.1) is 0 Å². The number of hydrogen-bond acceptors (Lipinski definition) is 3. The summed E-state index contributed by atoms with van der Waals surface area (Å²) in [5, 5.41) is 0. The Bertz CT molecular complexity index is 294. The van der Waals surface area contributed by atoms with E-state index in [1.54, 1.807) is 0 Å². The smallest absolute Gasteiger partial charge is 0.397 e. The van der Waals surface area contributed by atoms with Crippen molar-refractivity contribution in [3.05, 3.63) is 30.3 Å². The van der Waals surface area contributed by atoms with Gasteiger partial charge in [0.15, 0.2) is 0 Å². The quantitative estimate of drug-likeness (QED) is 0.722. The predicted molar refractivity (Wildman–Crippen MR) is 59.7 cm³/mol. The van der Waals surface area contributed by atoms with Gasteiger partial charge in [-0.1, -0.05) is 18.2 Å². The van der Waals surface area contributed by atoms with E-state index in [4.69, 9.17) is 13.6 Å². The van der Waals surface area contributed by atoms with Gasteiger partial charge in [-0.25, -0.2) is 0 Å². The fourth-order valence-corrected chi connectivity index (χ4v) is 2.67. The normalized spacial score (nSPS) is 31.2. The van der Waals surface area contributed by atoms with Crippen LogP contribution in [-0.4, -0.2) is 12.2 Å². The maximum atomic E-state index is 5.62. The van der Waals surface area contributed by atoms with Crippen LogP contribution in [0.3, 0.4) is 0 Å². The van der Waals surface area contributed by atoms with Crippen molar-refractivity contribution < 1.29 is 13.6 Å². The molecule has 3 nitrogen and oxygen atoms in total. The first-order valence-corrected chi connectivity index (χ1v) is 6.20. The van der Waals surface area contributed by atoms with Gasteiger partial charge in [0.05, 0.1) is 12.2 Å². The zero-order valence-corrected chi connectivity index (χ0v) is 9.81. The number of hydrogen-bond donors (Lipinski definition) is 0. The van der Waals surface area contributed by atoms with Gasteiger partial charge in [0, 0.05) is 6.42 Å². The number of benzene rings is 1. The van der Waals surface area contributed by atoms with E-state index in [-0.39, 0.29) is 12.2 Å². The van der Waals surface area contributed by atoms with Gasteiger partial charge in [-0.05, 0) is 26.0 Å². The van der Waals surface area contributed by atoms with Crippen LogP contribution in [0.5, 0.6) is 5.75 Å². The first kappa shape index (κ1) is 10.9. The first-order chi connectivity index (χ1) is 7.24. The van der Waals surface area contributed by atoms with Crippen LogP contribution >= 0.6 is 8.60 Å². The molecule has 1 aliphatic heterocycles. The third kappa shape index (κ3) is 3.16. The van der Waals surface area contributed by atoms with Crippen molar-refractivity contribution in [1.82, 2.24) is 0 Å². The molecule has 1 aromatic rings. The van der Waals surface area contributed by atoms with E-state index in [0.29, 0.717) is 0 Å². The molecule has 0 radical (unpaired) electrons. The van der Waals surface area contributed by atoms with Crippen molar-refractivity contribution in [2.75, 3.05) is 0 Å². The fraction of sp³-hybridized carbons (Fsp3) is 0.455. The summed E-state index contributed by atoms with van der Waals surface area (Å²) in [5.41, 5.74) is 0. The Labute approximate surface area is 91.4 Å². The Balaban J connectivity index is 1.94. The lowest BCUT2D eigenvalue weighted by molar-refractivity contribution is 0.0498. The zero-order valence-electron chi connectivity index (χ0n) is 8.92. The summed E-state index contributed by atoms with van der Waals surface area (Å²) in [7, 11) is -1.23. The highest BCUT2D eigenvalue weighted by atomic mass is 31.2. The van der Waals surface area contributed by atoms with Crippen LogP contribution < -0.4 is 4.52 Å². The van der Waals surface area contributed by atoms with Gasteiger partial charge in [0.2, 0.25) is 0 Å². The van der Waals surface area contributed by atoms with Crippen LogP contribution in [0.25, 0.3) is 0 Å². The Kier molecular flexibility index (Phi) is 3.57. The predicted octanol–water partition coefficient (Wildman–Crippen LogP) is 3.51. The number of para-hydroxylation sites is 1. The SMILES string of the molecule is C[C@@H]1C[C@@H](C)OP(Oc2ccccc2)O1. The molecule has 1 aromatic carbocycles. The molecule has 0 aromatic heterocycles. The second-order valence-electron chi connectivity index (χ2n) is 3.70. The highest BCUT2D eigenvalue weighted by molar-refractivity contribution is 7.42. The fourth-order valence-electron chi connectivity index (χ4n) is 1.48. The third-order valence-electron chi connectivity index (χ3n) is 2.12. The van der Waals surface area contributed by atoms with Crippen LogP contribution in [-0.2, 0) is 9.05 Å². The molecule has 1 fully saturated rings. The molecule has 0 N–H and O–H groups in total. The van der Waals surface area contributed by atoms with Crippen molar-refractivity contribution >= 4 is 8.60 Å². The molecule has 1 saturated heterocycles. The second-order valence-corrected chi connectivity index (χ2v) is 4.75. The van der Waals surface area contributed by atoms with E-state index in [1.165, 1.54) is 0 Å². The molecule has 1 aliphatic rings. The van der Waals surface area contributed by atoms with Crippen molar-refractivity contribution in [2.24, 2.45) is 0 Å². The summed E-state index contributed by atoms with van der Waals surface area (Å²) >= 11 is 0. The summed E-state index contributed by atoms with van der Waals surface area (Å²) < 4.78 is 16.8. The van der Waals surface area contributed by atoms with Crippen LogP contribution in [0.15, 0.2) is 30.3 Å². The molecule has 0 aliphatic carbocycles. The molecule has 0 bridgehead atoms. The van der Waals surface area contributed by atoms with Gasteiger partial charge in [0.1, 0.15) is 5.75 Å². The molecule has 1 heterocycles. The van der Waals surface area contributed by atoms with Gasteiger partial charge < -0.3 is 4.52 Å². The third-order valence-corrected chi connectivity index (χ3v) is 3.54. The summed E-state index contributed by atoms with van der Waals surface area (Å²) in [6.45, 7) is 4.09. The summed E-state index contributed by atoms with van der Waals surface area (Å²) in [6.07, 6.45) is 1.35. The van der Waals surface area contributed by atoms with Gasteiger partial charge >= 0.3 is 8.60 Å². The lowest BCUT2D eigenvalue weighted by Crippen LogP contribution is -2.23. The minimum absolute atomic E-state index is 0.212. The molecule has 0 saturated carbocycles. The average molecular weight is 226 g/mol. The van der Waals surface area contributed by atoms with E-state index >= 15 is 0 Å². The monoisotopic (exact) mass is 226 g/mol. The van der Waals surface area contributed by atoms with Gasteiger partial charge in [-0.2, -0.15) is 0 Å². The molecular weight excluding hydrogens is 211 g/mol. The molecular formula is C11H15O3P. The van der Waals surface area contributed by atoms with Gasteiger partial charge in [-0.3, -0.25) is 9.05 Å². The molecule has 15 heavy (non-hydrogen) atoms. The minimum atomic E-state index is -1.23. The molecule has 0 unspecified atom stereocenters. The molecule has 0 spiro atoms. The van der Waals surface area contributed by atoms with Gasteiger partial charge in [0.25, 0.3) is 0 Å². The van der Waals surface area contributed by atoms with Crippen LogP contribution in [0.4, 0.5) is 0 Å². The van der Waals surface area contributed by atoms with Crippen LogP contribution in [0.2, 0.25) is 0 Å². The Morgan fingerprint density at radius 2 is 1.73 bits per heavy atom. The highest BCUT2D eigenvalue weighted by Crippen LogP contribution is 2.47. The topological polar surface area (TPSA) is 27.7 Å². The highest BCUT2D eigenvalue weighted by Gasteiger charge is 2.28. The molecule has 4 heteroatoms. The Hall–Kier alpha value is -0.630. The van der Waals surface area contributed by atoms with Crippen molar-refractivity contribution in [2.45, 2.75) is 32.5 Å². The molecule has 82 valence electrons. The minimum Gasteiger partial charge on any atom is -0.427 e. The zero-order chi connectivity index (χ0) is 10.7. The average Bonchev–Trinajstić information content (AvgIpc) is 2.17. The second kappa shape index (κ2) is 4.93. The summed E-state index contributed by atoms with van der Waals surface area (Å²) in [6, 6.07) is 9.62. The van der Waals surface area contributed by atoms with Crippen molar-refractivity contribution in [3.8, 4) is 5.75 Å². The van der Waals surface area contributed by atoms with E-state index in [9.17, 15) is 0 Å². The standard InChI is InChI=1S/C11H15O3P/c1-9-8-10(2)13-15(12-9)14-11-6-4-3-5-7-11/h3-7,9-10H,8H2,1-2H3/t9-,10-/m1/s1. The maximum Gasteiger partial charge on any atom is 0.397 e. The van der Waals surface area contributed by atoms with E-state index < -0.39 is 8.60 Å². The molecule has 2 rings (SSSR count). The lowest BCUT2D eigenvalue weighted by Gasteiger charge is -2.29. The maximum absolute atomic E-state index is 5.62. The summed E-state index contributed by atoms with van der Waals surface area (Å²) in [4.78, 5) is 0. The van der Waals surface area contributed by atoms with Crippen LogP contribution in [0.1, 0.15) is 20.3 Å². The van der Waals surface area contributed by atoms with Gasteiger partial charge in [-0.15, -0.1) is 0 Å².